The van der Waals surface area contributed by atoms with Gasteiger partial charge < -0.3 is 9.47 Å². The summed E-state index contributed by atoms with van der Waals surface area (Å²) >= 11 is 5.72. The normalized spacial score (nSPS) is 12.2. The fourth-order valence-electron chi connectivity index (χ4n) is 2.55. The zero-order valence-corrected chi connectivity index (χ0v) is 16.9. The Balaban J connectivity index is 2.70. The second-order valence-corrected chi connectivity index (χ2v) is 7.29. The first-order valence-electron chi connectivity index (χ1n) is 8.59. The third kappa shape index (κ3) is 4.40. The van der Waals surface area contributed by atoms with Gasteiger partial charge in [0.15, 0.2) is 11.4 Å². The van der Waals surface area contributed by atoms with Crippen molar-refractivity contribution in [1.82, 2.24) is 14.8 Å². The van der Waals surface area contributed by atoms with Crippen molar-refractivity contribution in [1.29, 1.82) is 0 Å². The monoisotopic (exact) mass is 419 g/mol. The Hall–Kier alpha value is -2.29. The molecular formula is C18H21ClF3N3O3. The molecule has 2 heterocycles. The van der Waals surface area contributed by atoms with Gasteiger partial charge in [0.25, 0.3) is 0 Å². The van der Waals surface area contributed by atoms with Crippen LogP contribution in [0.15, 0.2) is 12.4 Å². The predicted molar refractivity (Wildman–Crippen MR) is 96.9 cm³/mol. The second-order valence-electron chi connectivity index (χ2n) is 6.88. The summed E-state index contributed by atoms with van der Waals surface area (Å²) < 4.78 is 52.4. The average Bonchev–Trinajstić information content (AvgIpc) is 2.92. The van der Waals surface area contributed by atoms with Gasteiger partial charge >= 0.3 is 12.1 Å². The summed E-state index contributed by atoms with van der Waals surface area (Å²) in [7, 11) is 0. The largest absolute Gasteiger partial charge is 0.461 e. The van der Waals surface area contributed by atoms with Gasteiger partial charge in [0.1, 0.15) is 5.56 Å². The molecule has 154 valence electrons. The van der Waals surface area contributed by atoms with Gasteiger partial charge in [0.05, 0.1) is 23.4 Å². The van der Waals surface area contributed by atoms with Crippen LogP contribution in [0, 0.1) is 0 Å². The van der Waals surface area contributed by atoms with E-state index in [9.17, 15) is 18.0 Å². The molecule has 28 heavy (non-hydrogen) atoms. The molecule has 0 aliphatic heterocycles. The summed E-state index contributed by atoms with van der Waals surface area (Å²) in [5.74, 6) is -1.24. The van der Waals surface area contributed by atoms with E-state index in [0.29, 0.717) is 5.56 Å². The van der Waals surface area contributed by atoms with Gasteiger partial charge in [-0.05, 0) is 34.1 Å². The molecule has 0 aliphatic carbocycles. The van der Waals surface area contributed by atoms with E-state index < -0.39 is 34.0 Å². The Morgan fingerprint density at radius 1 is 1.21 bits per heavy atom. The van der Waals surface area contributed by atoms with E-state index in [1.165, 1.54) is 4.68 Å². The van der Waals surface area contributed by atoms with Gasteiger partial charge in [0.2, 0.25) is 5.88 Å². The summed E-state index contributed by atoms with van der Waals surface area (Å²) in [6.45, 7) is 8.86. The SMILES string of the molecule is CCOC(=O)c1nn(C(C)(C)C)c(Oc2cncc(Cl)c2C(F)(F)F)c1CC. The zero-order valence-electron chi connectivity index (χ0n) is 16.1. The predicted octanol–water partition coefficient (Wildman–Crippen LogP) is 5.24. The Bertz CT molecular complexity index is 873. The lowest BCUT2D eigenvalue weighted by molar-refractivity contribution is -0.138. The van der Waals surface area contributed by atoms with Gasteiger partial charge in [-0.1, -0.05) is 18.5 Å². The van der Waals surface area contributed by atoms with Crippen molar-refractivity contribution < 1.29 is 27.4 Å². The first kappa shape index (κ1) is 22.0. The smallest absolute Gasteiger partial charge is 0.421 e. The van der Waals surface area contributed by atoms with Crippen molar-refractivity contribution in [2.24, 2.45) is 0 Å². The van der Waals surface area contributed by atoms with Crippen molar-refractivity contribution in [3.05, 3.63) is 34.2 Å². The number of nitrogens with zero attached hydrogens (tertiary/aromatic N) is 3. The van der Waals surface area contributed by atoms with Crippen LogP contribution >= 0.6 is 11.6 Å². The number of halogens is 4. The van der Waals surface area contributed by atoms with Crippen LogP contribution in [0.4, 0.5) is 13.2 Å². The molecule has 0 saturated carbocycles. The molecule has 2 aromatic heterocycles. The van der Waals surface area contributed by atoms with Gasteiger partial charge in [0, 0.05) is 11.8 Å². The van der Waals surface area contributed by atoms with Crippen LogP contribution in [-0.2, 0) is 22.9 Å². The van der Waals surface area contributed by atoms with E-state index in [1.54, 1.807) is 34.6 Å². The summed E-state index contributed by atoms with van der Waals surface area (Å²) in [6.07, 6.45) is -2.64. The molecule has 0 atom stereocenters. The first-order chi connectivity index (χ1) is 12.9. The number of esters is 1. The molecular weight excluding hydrogens is 399 g/mol. The number of ether oxygens (including phenoxy) is 2. The number of hydrogen-bond acceptors (Lipinski definition) is 5. The molecule has 0 aliphatic rings. The molecule has 0 N–H and O–H groups in total. The Kier molecular flexibility index (Phi) is 6.27. The summed E-state index contributed by atoms with van der Waals surface area (Å²) in [5.41, 5.74) is -1.50. The Morgan fingerprint density at radius 3 is 2.36 bits per heavy atom. The van der Waals surface area contributed by atoms with Crippen LogP contribution in [0.2, 0.25) is 5.02 Å². The van der Waals surface area contributed by atoms with E-state index in [2.05, 4.69) is 10.1 Å². The molecule has 0 radical (unpaired) electrons. The number of carbonyl (C=O) groups excluding carboxylic acids is 1. The number of pyridine rings is 1. The van der Waals surface area contributed by atoms with Crippen molar-refractivity contribution in [2.75, 3.05) is 6.61 Å². The minimum Gasteiger partial charge on any atom is -0.461 e. The van der Waals surface area contributed by atoms with Crippen LogP contribution < -0.4 is 4.74 Å². The highest BCUT2D eigenvalue weighted by Gasteiger charge is 2.39. The highest BCUT2D eigenvalue weighted by molar-refractivity contribution is 6.31. The van der Waals surface area contributed by atoms with Gasteiger partial charge in [-0.25, -0.2) is 9.48 Å². The lowest BCUT2D eigenvalue weighted by Gasteiger charge is -2.23. The standard InChI is InChI=1S/C18H21ClF3N3O3/c1-6-10-14(16(26)27-7-2)24-25(17(3,4)5)15(10)28-12-9-23-8-11(19)13(12)18(20,21)22/h8-9H,6-7H2,1-5H3. The summed E-state index contributed by atoms with van der Waals surface area (Å²) in [4.78, 5) is 16.0. The van der Waals surface area contributed by atoms with Crippen LogP contribution in [-0.4, -0.2) is 27.3 Å². The van der Waals surface area contributed by atoms with E-state index in [0.717, 1.165) is 12.4 Å². The molecule has 2 rings (SSSR count). The number of carbonyl (C=O) groups is 1. The number of rotatable bonds is 5. The quantitative estimate of drug-likeness (QED) is 0.620. The van der Waals surface area contributed by atoms with E-state index >= 15 is 0 Å². The fraction of sp³-hybridized carbons (Fsp3) is 0.500. The molecule has 0 fully saturated rings. The molecule has 10 heteroatoms. The minimum atomic E-state index is -4.75. The topological polar surface area (TPSA) is 66.2 Å². The fourth-order valence-corrected chi connectivity index (χ4v) is 2.81. The third-order valence-corrected chi connectivity index (χ3v) is 4.04. The molecule has 0 unspecified atom stereocenters. The van der Waals surface area contributed by atoms with Crippen molar-refractivity contribution >= 4 is 17.6 Å². The average molecular weight is 420 g/mol. The Morgan fingerprint density at radius 2 is 1.86 bits per heavy atom. The summed E-state index contributed by atoms with van der Waals surface area (Å²) in [5, 5.41) is 3.68. The van der Waals surface area contributed by atoms with E-state index in [1.807, 2.05) is 0 Å². The number of hydrogen-bond donors (Lipinski definition) is 0. The molecule has 6 nitrogen and oxygen atoms in total. The maximum atomic E-state index is 13.5. The van der Waals surface area contributed by atoms with Crippen LogP contribution in [0.5, 0.6) is 11.6 Å². The van der Waals surface area contributed by atoms with Gasteiger partial charge in [-0.3, -0.25) is 4.98 Å². The molecule has 0 spiro atoms. The molecule has 0 amide bonds. The molecule has 0 bridgehead atoms. The zero-order chi connectivity index (χ0) is 21.3. The van der Waals surface area contributed by atoms with Crippen molar-refractivity contribution in [3.8, 4) is 11.6 Å². The minimum absolute atomic E-state index is 0.00202. The lowest BCUT2D eigenvalue weighted by Crippen LogP contribution is -2.24. The second kappa shape index (κ2) is 7.98. The number of alkyl halides is 3. The maximum absolute atomic E-state index is 13.5. The summed E-state index contributed by atoms with van der Waals surface area (Å²) in [6, 6.07) is 0. The van der Waals surface area contributed by atoms with Crippen LogP contribution in [0.3, 0.4) is 0 Å². The Labute approximate surface area is 165 Å². The highest BCUT2D eigenvalue weighted by Crippen LogP contribution is 2.43. The molecule has 0 saturated heterocycles. The molecule has 0 aromatic carbocycles. The van der Waals surface area contributed by atoms with Gasteiger partial charge in [-0.2, -0.15) is 18.3 Å². The van der Waals surface area contributed by atoms with E-state index in [-0.39, 0.29) is 24.6 Å². The highest BCUT2D eigenvalue weighted by atomic mass is 35.5. The van der Waals surface area contributed by atoms with Gasteiger partial charge in [-0.15, -0.1) is 0 Å². The van der Waals surface area contributed by atoms with Crippen LogP contribution in [0.1, 0.15) is 56.2 Å². The van der Waals surface area contributed by atoms with Crippen LogP contribution in [0.25, 0.3) is 0 Å². The van der Waals surface area contributed by atoms with Crippen molar-refractivity contribution in [3.63, 3.8) is 0 Å². The maximum Gasteiger partial charge on any atom is 0.421 e. The molecule has 2 aromatic rings. The number of aromatic nitrogens is 3. The first-order valence-corrected chi connectivity index (χ1v) is 8.97. The third-order valence-electron chi connectivity index (χ3n) is 3.75. The van der Waals surface area contributed by atoms with E-state index in [4.69, 9.17) is 21.1 Å². The lowest BCUT2D eigenvalue weighted by atomic mass is 10.1. The van der Waals surface area contributed by atoms with Crippen molar-refractivity contribution in [2.45, 2.75) is 52.8 Å².